The molecule has 5 rings (SSSR count). The smallest absolute Gasteiger partial charge is 0.355 e. The second-order valence-electron chi connectivity index (χ2n) is 10.7. The zero-order chi connectivity index (χ0) is 26.9. The van der Waals surface area contributed by atoms with Crippen LogP contribution >= 0.6 is 0 Å². The number of phenolic OH excluding ortho intramolecular Hbond substituents is 1. The van der Waals surface area contributed by atoms with Crippen LogP contribution in [0.1, 0.15) is 64.3 Å². The number of rotatable bonds is 5. The fourth-order valence-corrected chi connectivity index (χ4v) is 6.01. The topological polar surface area (TPSA) is 132 Å². The van der Waals surface area contributed by atoms with Gasteiger partial charge in [-0.3, -0.25) is 9.59 Å². The molecule has 2 unspecified atom stereocenters. The molecule has 37 heavy (non-hydrogen) atoms. The van der Waals surface area contributed by atoms with Crippen LogP contribution in [0, 0.1) is 5.92 Å². The summed E-state index contributed by atoms with van der Waals surface area (Å²) in [6, 6.07) is 4.16. The summed E-state index contributed by atoms with van der Waals surface area (Å²) in [7, 11) is 0. The molecule has 0 saturated heterocycles. The van der Waals surface area contributed by atoms with Gasteiger partial charge in [-0.1, -0.05) is 27.7 Å². The van der Waals surface area contributed by atoms with Crippen LogP contribution in [0.2, 0.25) is 0 Å². The van der Waals surface area contributed by atoms with Gasteiger partial charge in [-0.25, -0.2) is 9.78 Å². The molecule has 2 aromatic rings. The van der Waals surface area contributed by atoms with Gasteiger partial charge in [0.25, 0.3) is 5.91 Å². The van der Waals surface area contributed by atoms with Crippen molar-refractivity contribution in [3.63, 3.8) is 0 Å². The third-order valence-corrected chi connectivity index (χ3v) is 8.28. The van der Waals surface area contributed by atoms with E-state index in [-0.39, 0.29) is 37.0 Å². The number of nitrogens with zero attached hydrogens (tertiary/aromatic N) is 2. The van der Waals surface area contributed by atoms with E-state index >= 15 is 0 Å². The Hall–Kier alpha value is -3.46. The lowest BCUT2D eigenvalue weighted by molar-refractivity contribution is -0.183. The first-order chi connectivity index (χ1) is 17.5. The highest BCUT2D eigenvalue weighted by atomic mass is 16.6. The van der Waals surface area contributed by atoms with E-state index < -0.39 is 29.1 Å². The van der Waals surface area contributed by atoms with Crippen molar-refractivity contribution < 1.29 is 29.0 Å². The average Bonchev–Trinajstić information content (AvgIpc) is 3.16. The van der Waals surface area contributed by atoms with E-state index in [9.17, 15) is 19.5 Å². The number of nitrogens with two attached hydrogens (primary N) is 1. The predicted octanol–water partition coefficient (Wildman–Crippen LogP) is 2.99. The van der Waals surface area contributed by atoms with Gasteiger partial charge in [0.2, 0.25) is 5.60 Å². The van der Waals surface area contributed by atoms with E-state index in [1.807, 2.05) is 13.8 Å². The number of hydrogen-bond acceptors (Lipinski definition) is 8. The molecule has 0 spiro atoms. The molecular formula is C28H33N3O6. The van der Waals surface area contributed by atoms with Crippen LogP contribution in [0.3, 0.4) is 0 Å². The number of hydrogen-bond donors (Lipinski definition) is 2. The summed E-state index contributed by atoms with van der Waals surface area (Å²) in [4.78, 5) is 46.9. The van der Waals surface area contributed by atoms with E-state index in [1.165, 1.54) is 0 Å². The van der Waals surface area contributed by atoms with Crippen LogP contribution < -0.4 is 5.73 Å². The molecule has 3 atom stereocenters. The Morgan fingerprint density at radius 1 is 1.30 bits per heavy atom. The molecule has 0 radical (unpaired) electrons. The SMILES string of the molecule is CCc1c2c(nc3ccc(O)cc13)C1(C)CC3=C(COC(=O)[C@@]3(CC)OC(=O)C(N)C(C)C)C(=O)N1C2. The van der Waals surface area contributed by atoms with Crippen LogP contribution in [0.15, 0.2) is 29.3 Å². The van der Waals surface area contributed by atoms with Crippen molar-refractivity contribution in [2.24, 2.45) is 11.7 Å². The number of carbonyl (C=O) groups excluding carboxylic acids is 3. The van der Waals surface area contributed by atoms with Gasteiger partial charge < -0.3 is 25.2 Å². The summed E-state index contributed by atoms with van der Waals surface area (Å²) in [5, 5.41) is 11.0. The molecule has 9 nitrogen and oxygen atoms in total. The summed E-state index contributed by atoms with van der Waals surface area (Å²) < 4.78 is 11.3. The number of pyridine rings is 1. The van der Waals surface area contributed by atoms with Crippen molar-refractivity contribution in [2.75, 3.05) is 6.61 Å². The minimum absolute atomic E-state index is 0.113. The molecule has 9 heteroatoms. The third-order valence-electron chi connectivity index (χ3n) is 8.28. The van der Waals surface area contributed by atoms with Crippen molar-refractivity contribution in [1.82, 2.24) is 9.88 Å². The van der Waals surface area contributed by atoms with Crippen molar-refractivity contribution in [2.45, 2.75) is 77.6 Å². The minimum Gasteiger partial charge on any atom is -0.508 e. The maximum Gasteiger partial charge on any atom is 0.355 e. The minimum atomic E-state index is -1.72. The summed E-state index contributed by atoms with van der Waals surface area (Å²) in [5.41, 5.74) is 7.76. The second kappa shape index (κ2) is 8.55. The van der Waals surface area contributed by atoms with Gasteiger partial charge in [-0.2, -0.15) is 0 Å². The molecule has 0 aliphatic carbocycles. The Kier molecular flexibility index (Phi) is 5.82. The van der Waals surface area contributed by atoms with E-state index in [0.29, 0.717) is 24.1 Å². The number of aromatic hydroxyl groups is 1. The number of cyclic esters (lactones) is 1. The zero-order valence-electron chi connectivity index (χ0n) is 21.9. The standard InChI is InChI=1S/C28H33N3O6/c1-6-16-17-10-15(32)8-9-21(17)30-23-18(16)12-31-24(33)19-13-36-26(35)28(7-2,20(19)11-27(23,31)5)37-25(34)22(29)14(3)4/h8-10,14,22,32H,6-7,11-13,29H2,1-5H3/t22?,27?,28-/m0/s1. The van der Waals surface area contributed by atoms with Crippen LogP contribution in [0.4, 0.5) is 0 Å². The van der Waals surface area contributed by atoms with Gasteiger partial charge in [0.15, 0.2) is 0 Å². The summed E-state index contributed by atoms with van der Waals surface area (Å²) in [6.45, 7) is 9.50. The lowest BCUT2D eigenvalue weighted by atomic mass is 9.73. The highest BCUT2D eigenvalue weighted by molar-refractivity contribution is 6.02. The molecule has 1 amide bonds. The Morgan fingerprint density at radius 3 is 2.68 bits per heavy atom. The van der Waals surface area contributed by atoms with Crippen molar-refractivity contribution >= 4 is 28.7 Å². The number of aromatic nitrogens is 1. The van der Waals surface area contributed by atoms with Crippen molar-refractivity contribution in [3.05, 3.63) is 46.2 Å². The molecule has 1 aromatic carbocycles. The number of ether oxygens (including phenoxy) is 2. The largest absolute Gasteiger partial charge is 0.508 e. The molecule has 1 aromatic heterocycles. The molecule has 0 fully saturated rings. The fraction of sp³-hybridized carbons (Fsp3) is 0.500. The molecule has 4 heterocycles. The van der Waals surface area contributed by atoms with Crippen molar-refractivity contribution in [3.8, 4) is 5.75 Å². The number of benzene rings is 1. The Bertz CT molecular complexity index is 1380. The number of amides is 1. The van der Waals surface area contributed by atoms with Gasteiger partial charge in [0, 0.05) is 18.4 Å². The van der Waals surface area contributed by atoms with Crippen LogP contribution in [0.25, 0.3) is 10.9 Å². The second-order valence-corrected chi connectivity index (χ2v) is 10.7. The van der Waals surface area contributed by atoms with Crippen molar-refractivity contribution in [1.29, 1.82) is 0 Å². The molecule has 3 N–H and O–H groups in total. The molecule has 0 bridgehead atoms. The highest BCUT2D eigenvalue weighted by Gasteiger charge is 2.59. The predicted molar refractivity (Wildman–Crippen MR) is 135 cm³/mol. The fourth-order valence-electron chi connectivity index (χ4n) is 6.01. The summed E-state index contributed by atoms with van der Waals surface area (Å²) >= 11 is 0. The van der Waals surface area contributed by atoms with Gasteiger partial charge in [-0.15, -0.1) is 0 Å². The summed E-state index contributed by atoms with van der Waals surface area (Å²) in [6.07, 6.45) is 1.08. The molecule has 3 aliphatic heterocycles. The Morgan fingerprint density at radius 2 is 2.03 bits per heavy atom. The zero-order valence-corrected chi connectivity index (χ0v) is 21.9. The number of aryl methyl sites for hydroxylation is 1. The van der Waals surface area contributed by atoms with E-state index in [0.717, 1.165) is 27.7 Å². The first-order valence-electron chi connectivity index (χ1n) is 12.8. The first kappa shape index (κ1) is 25.2. The van der Waals surface area contributed by atoms with Gasteiger partial charge in [0.05, 0.1) is 22.3 Å². The van der Waals surface area contributed by atoms with E-state index in [2.05, 4.69) is 0 Å². The normalized spacial score (nSPS) is 25.6. The first-order valence-corrected chi connectivity index (χ1v) is 12.8. The van der Waals surface area contributed by atoms with Gasteiger partial charge >= 0.3 is 11.9 Å². The lowest BCUT2D eigenvalue weighted by Crippen LogP contribution is -2.58. The molecule has 3 aliphatic rings. The number of carbonyl (C=O) groups is 3. The maximum absolute atomic E-state index is 13.9. The molecule has 196 valence electrons. The molecular weight excluding hydrogens is 474 g/mol. The Balaban J connectivity index is 1.66. The monoisotopic (exact) mass is 507 g/mol. The van der Waals surface area contributed by atoms with Crippen LogP contribution in [0.5, 0.6) is 5.75 Å². The van der Waals surface area contributed by atoms with Gasteiger partial charge in [0.1, 0.15) is 18.4 Å². The van der Waals surface area contributed by atoms with Gasteiger partial charge in [-0.05, 0) is 60.6 Å². The Labute approximate surface area is 215 Å². The van der Waals surface area contributed by atoms with Crippen LogP contribution in [-0.4, -0.2) is 51.1 Å². The maximum atomic E-state index is 13.9. The number of fused-ring (bicyclic) bond motifs is 4. The summed E-state index contributed by atoms with van der Waals surface area (Å²) in [5.74, 6) is -1.68. The number of phenols is 1. The molecule has 0 saturated carbocycles. The highest BCUT2D eigenvalue weighted by Crippen LogP contribution is 2.52. The lowest BCUT2D eigenvalue weighted by Gasteiger charge is -2.47. The van der Waals surface area contributed by atoms with E-state index in [1.54, 1.807) is 43.9 Å². The third kappa shape index (κ3) is 3.47. The van der Waals surface area contributed by atoms with E-state index in [4.69, 9.17) is 20.2 Å². The quantitative estimate of drug-likeness (QED) is 0.591. The number of esters is 2. The average molecular weight is 508 g/mol. The van der Waals surface area contributed by atoms with Crippen LogP contribution in [-0.2, 0) is 42.4 Å².